The van der Waals surface area contributed by atoms with E-state index >= 15 is 0 Å². The third-order valence-corrected chi connectivity index (χ3v) is 23.0. The standard InChI is InChI=1S/C27H29N3O3.C27H26N2O3.C27H28N2O3.C26H27N3O5/c1-18(28)23-8-5-7-20(15-23)16-25(27(32)33-4)19(2)29-26(31)22-12-10-21(11-13-22)24-9-6-14-30(3)17-24;1-16(28)19-8-6-7-18(13-19)14-24(27(31)32-3)17(2)29-26(30)20-11-12-23-21-9-4-5-10-22(21)25(23)15-20;1-18(28)24-11-7-8-20(16-24)17-25(27(31)32-3)19(2)29-26(30)23-14-12-22(13-15-23)21-9-5-4-6-10-21;1-17(28-32)22-7-4-6-19(14-22)15-24(26(31)34-3)18(2)27-25(30)21-11-9-20(10-12-21)23-8-5-13-29(33)16-23/h5-15,17,19,25,28H,16H2,1-4H3;4-13,15,17,24,28H,14H2,1-3H3,(H,29,30);4-16,19,25,28H,17H2,1-3H3,(H,29,30);4-14,16,18,24,32H,15H2,1-3H3,(H,27,30)/p+1/b;;;28-17-/t19?,25-;17?,24-;19?,25-;18?,24-/m1111/s1. The predicted octanol–water partition coefficient (Wildman–Crippen LogP) is 16.8. The molecule has 0 bridgehead atoms. The van der Waals surface area contributed by atoms with Crippen LogP contribution < -0.4 is 30.6 Å². The predicted molar refractivity (Wildman–Crippen MR) is 508 cm³/mol. The number of carbonyl (C=O) groups is 8. The number of nitrogens with one attached hydrogen (secondary N) is 7. The maximum Gasteiger partial charge on any atom is 0.311 e. The van der Waals surface area contributed by atoms with Crippen LogP contribution in [0.2, 0.25) is 0 Å². The summed E-state index contributed by atoms with van der Waals surface area (Å²) in [6, 6.07) is 81.1. The van der Waals surface area contributed by atoms with Gasteiger partial charge in [0.2, 0.25) is 0 Å². The molecular weight excluding hydrogens is 1650 g/mol. The SMILES string of the molecule is COC(=O)[C@H](Cc1cccc(/C(C)=N\O)c1)C(C)NC(=O)c1ccc(-c2ccc[n+]([O-])c2)cc1.COC(=O)[C@H](Cc1cccc(C(C)=N)c1)C(C)NC(=O)c1ccc(-c2ccc[n+](C)c2)cc1.COC(=O)[C@H](Cc1cccc(C(C)=N)c1)C(C)NC(=O)c1ccc(-c2ccccc2)cc1.COC(=O)[C@H](Cc1cccc(C(C)=N)c1)C(C)NC(=O)c1ccc2c(c1)-c1ccccc1-2. The van der Waals surface area contributed by atoms with Gasteiger partial charge in [0.1, 0.15) is 7.05 Å². The van der Waals surface area contributed by atoms with Gasteiger partial charge in [-0.05, 0) is 255 Å². The molecule has 10 aromatic carbocycles. The quantitative estimate of drug-likeness (QED) is 0.00381. The van der Waals surface area contributed by atoms with Crippen LogP contribution in [0.3, 0.4) is 0 Å². The molecule has 24 nitrogen and oxygen atoms in total. The van der Waals surface area contributed by atoms with Crippen molar-refractivity contribution in [1.82, 2.24) is 21.3 Å². The van der Waals surface area contributed by atoms with Crippen LogP contribution in [0.5, 0.6) is 0 Å². The van der Waals surface area contributed by atoms with Crippen molar-refractivity contribution in [1.29, 1.82) is 16.2 Å². The normalized spacial score (nSPS) is 12.8. The summed E-state index contributed by atoms with van der Waals surface area (Å²) < 4.78 is 22.7. The van der Waals surface area contributed by atoms with Gasteiger partial charge in [0.25, 0.3) is 23.6 Å². The zero-order valence-electron chi connectivity index (χ0n) is 75.8. The number of methoxy groups -OCH3 is 4. The van der Waals surface area contributed by atoms with Gasteiger partial charge in [-0.1, -0.05) is 175 Å². The molecule has 24 heteroatoms. The van der Waals surface area contributed by atoms with E-state index in [-0.39, 0.29) is 41.5 Å². The van der Waals surface area contributed by atoms with Gasteiger partial charge in [-0.3, -0.25) is 38.4 Å². The van der Waals surface area contributed by atoms with Crippen LogP contribution in [0.15, 0.2) is 297 Å². The Hall–Kier alpha value is -15.5. The summed E-state index contributed by atoms with van der Waals surface area (Å²) in [6.45, 7) is 14.1. The summed E-state index contributed by atoms with van der Waals surface area (Å²) in [5.74, 6) is -4.86. The third-order valence-electron chi connectivity index (χ3n) is 23.0. The number of pyridine rings is 2. The van der Waals surface area contributed by atoms with Crippen molar-refractivity contribution in [2.24, 2.45) is 35.9 Å². The van der Waals surface area contributed by atoms with Crippen LogP contribution in [0, 0.1) is 45.1 Å². The van der Waals surface area contributed by atoms with E-state index in [9.17, 15) is 43.6 Å². The van der Waals surface area contributed by atoms with Crippen molar-refractivity contribution < 1.29 is 71.8 Å². The van der Waals surface area contributed by atoms with E-state index < -0.39 is 53.8 Å². The van der Waals surface area contributed by atoms with Crippen molar-refractivity contribution >= 4 is 70.4 Å². The minimum absolute atomic E-state index is 0.220. The number of aromatic nitrogens is 2. The molecule has 8 N–H and O–H groups in total. The molecule has 8 atom stereocenters. The van der Waals surface area contributed by atoms with E-state index in [2.05, 4.69) is 38.6 Å². The van der Waals surface area contributed by atoms with Gasteiger partial charge in [-0.25, -0.2) is 4.57 Å². The summed E-state index contributed by atoms with van der Waals surface area (Å²) in [5, 5.41) is 59.0. The number of ether oxygens (including phenoxy) is 4. The molecule has 0 radical (unpaired) electrons. The lowest BCUT2D eigenvalue weighted by molar-refractivity contribution is -0.671. The monoisotopic (exact) mass is 1760 g/mol. The van der Waals surface area contributed by atoms with Gasteiger partial charge in [0, 0.05) is 86.8 Å². The Kier molecular flexibility index (Phi) is 34.9. The molecule has 0 fully saturated rings. The second-order valence-corrected chi connectivity index (χ2v) is 32.4. The van der Waals surface area contributed by atoms with Crippen LogP contribution in [0.4, 0.5) is 0 Å². The number of hydrogen-bond acceptors (Lipinski definition) is 18. The number of benzene rings is 10. The van der Waals surface area contributed by atoms with E-state index in [4.69, 9.17) is 40.4 Å². The number of esters is 4. The molecule has 4 amide bonds. The van der Waals surface area contributed by atoms with Crippen molar-refractivity contribution in [3.05, 3.63) is 364 Å². The first kappa shape index (κ1) is 97.7. The van der Waals surface area contributed by atoms with Gasteiger partial charge in [0.15, 0.2) is 24.8 Å². The average Bonchev–Trinajstić information content (AvgIpc) is 0.739. The number of aryl methyl sites for hydroxylation is 1. The molecule has 0 aliphatic heterocycles. The van der Waals surface area contributed by atoms with E-state index in [1.807, 2.05) is 245 Å². The van der Waals surface area contributed by atoms with Crippen molar-refractivity contribution in [2.45, 2.75) is 105 Å². The number of nitrogens with zero attached hydrogens (tertiary/aromatic N) is 3. The third kappa shape index (κ3) is 26.8. The van der Waals surface area contributed by atoms with Gasteiger partial charge in [0.05, 0.1) is 57.8 Å². The first-order valence-electron chi connectivity index (χ1n) is 42.9. The van der Waals surface area contributed by atoms with Crippen molar-refractivity contribution in [3.63, 3.8) is 0 Å². The van der Waals surface area contributed by atoms with Gasteiger partial charge in [-0.15, -0.1) is 0 Å². The second-order valence-electron chi connectivity index (χ2n) is 32.4. The van der Waals surface area contributed by atoms with Gasteiger partial charge >= 0.3 is 23.9 Å². The molecule has 1 aliphatic carbocycles. The highest BCUT2D eigenvalue weighted by Crippen LogP contribution is 2.47. The Morgan fingerprint density at radius 3 is 0.962 bits per heavy atom. The molecule has 2 heterocycles. The summed E-state index contributed by atoms with van der Waals surface area (Å²) >= 11 is 0. The lowest BCUT2D eigenvalue weighted by Crippen LogP contribution is -2.42. The highest BCUT2D eigenvalue weighted by Gasteiger charge is 2.34. The van der Waals surface area contributed by atoms with Crippen LogP contribution in [0.25, 0.3) is 55.6 Å². The highest BCUT2D eigenvalue weighted by atomic mass is 16.5. The van der Waals surface area contributed by atoms with Crippen LogP contribution in [-0.2, 0) is 70.9 Å². The molecule has 4 unspecified atom stereocenters. The van der Waals surface area contributed by atoms with Crippen molar-refractivity contribution in [3.8, 4) is 55.6 Å². The number of amides is 4. The summed E-state index contributed by atoms with van der Waals surface area (Å²) in [5.41, 5.74) is 21.0. The Bertz CT molecular complexity index is 6110. The van der Waals surface area contributed by atoms with E-state index in [1.54, 1.807) is 89.2 Å². The maximum atomic E-state index is 13.0. The minimum Gasteiger partial charge on any atom is -0.619 e. The number of hydrogen-bond donors (Lipinski definition) is 8. The summed E-state index contributed by atoms with van der Waals surface area (Å²) in [7, 11) is 7.34. The fraction of sp³-hybridized carbons (Fsp3) is 0.234. The average molecular weight is 1760 g/mol. The smallest absolute Gasteiger partial charge is 0.311 e. The molecule has 0 saturated carbocycles. The van der Waals surface area contributed by atoms with Crippen LogP contribution in [-0.4, -0.2) is 128 Å². The van der Waals surface area contributed by atoms with Crippen molar-refractivity contribution in [2.75, 3.05) is 28.4 Å². The molecule has 1 aliphatic rings. The lowest BCUT2D eigenvalue weighted by atomic mass is 9.80. The first-order chi connectivity index (χ1) is 62.9. The molecular formula is C107H111N10O14+. The molecule has 2 aromatic heterocycles. The molecule has 0 spiro atoms. The van der Waals surface area contributed by atoms with E-state index in [0.717, 1.165) is 99.3 Å². The molecule has 131 heavy (non-hydrogen) atoms. The zero-order chi connectivity index (χ0) is 94.5. The van der Waals surface area contributed by atoms with Gasteiger partial charge in [-0.2, -0.15) is 4.73 Å². The fourth-order valence-corrected chi connectivity index (χ4v) is 15.3. The Labute approximate surface area is 764 Å². The largest absolute Gasteiger partial charge is 0.619 e. The zero-order valence-corrected chi connectivity index (χ0v) is 75.8. The first-order valence-corrected chi connectivity index (χ1v) is 42.9. The Morgan fingerprint density at radius 1 is 0.328 bits per heavy atom. The summed E-state index contributed by atoms with van der Waals surface area (Å²) in [4.78, 5) is 102. The second kappa shape index (κ2) is 46.8. The fourth-order valence-electron chi connectivity index (χ4n) is 15.3. The molecule has 12 aromatic rings. The maximum absolute atomic E-state index is 13.0. The molecule has 672 valence electrons. The Morgan fingerprint density at radius 2 is 0.618 bits per heavy atom. The van der Waals surface area contributed by atoms with E-state index in [0.29, 0.717) is 70.8 Å². The van der Waals surface area contributed by atoms with Crippen LogP contribution in [0.1, 0.15) is 141 Å². The summed E-state index contributed by atoms with van der Waals surface area (Å²) in [6.07, 6.45) is 8.40. The number of oxime groups is 1. The lowest BCUT2D eigenvalue weighted by Gasteiger charge is -2.26. The molecule has 13 rings (SSSR count). The minimum atomic E-state index is -0.619. The Balaban J connectivity index is 0.000000181. The molecule has 0 saturated heterocycles. The van der Waals surface area contributed by atoms with Crippen LogP contribution >= 0.6 is 0 Å². The highest BCUT2D eigenvalue weighted by molar-refractivity contribution is 6.06. The topological polar surface area (TPSA) is 357 Å². The number of rotatable bonds is 31. The van der Waals surface area contributed by atoms with E-state index in [1.165, 1.54) is 46.4 Å². The number of carbonyl (C=O) groups excluding carboxylic acids is 8. The number of fused-ring (bicyclic) bond motifs is 4. The van der Waals surface area contributed by atoms with Gasteiger partial charge < -0.3 is 66.9 Å².